The van der Waals surface area contributed by atoms with Gasteiger partial charge in [0.25, 0.3) is 0 Å². The van der Waals surface area contributed by atoms with Crippen LogP contribution in [0.2, 0.25) is 0 Å². The molecule has 0 amide bonds. The number of hydrogen-bond donors (Lipinski definition) is 1. The third-order valence-electron chi connectivity index (χ3n) is 3.10. The zero-order chi connectivity index (χ0) is 12.1. The van der Waals surface area contributed by atoms with Gasteiger partial charge >= 0.3 is 0 Å². The lowest BCUT2D eigenvalue weighted by Gasteiger charge is -2.10. The third-order valence-corrected chi connectivity index (χ3v) is 3.10. The van der Waals surface area contributed by atoms with Gasteiger partial charge in [-0.25, -0.2) is 0 Å². The van der Waals surface area contributed by atoms with Gasteiger partial charge in [0.2, 0.25) is 0 Å². The average Bonchev–Trinajstić information content (AvgIpc) is 2.78. The van der Waals surface area contributed by atoms with Crippen LogP contribution in [0.5, 0.6) is 0 Å². The Hall–Kier alpha value is -1.28. The first-order valence-corrected chi connectivity index (χ1v) is 6.53. The van der Waals surface area contributed by atoms with Crippen LogP contribution in [-0.2, 0) is 0 Å². The molecule has 1 aromatic heterocycles. The SMILES string of the molecule is CCCCCNC(C)c1cc2ccccc2o1. The molecule has 0 bridgehead atoms. The Labute approximate surface area is 103 Å². The maximum Gasteiger partial charge on any atom is 0.134 e. The van der Waals surface area contributed by atoms with E-state index in [1.807, 2.05) is 18.2 Å². The summed E-state index contributed by atoms with van der Waals surface area (Å²) < 4.78 is 5.82. The Morgan fingerprint density at radius 1 is 1.24 bits per heavy atom. The first-order valence-electron chi connectivity index (χ1n) is 6.53. The number of rotatable bonds is 6. The van der Waals surface area contributed by atoms with E-state index < -0.39 is 0 Å². The van der Waals surface area contributed by atoms with Crippen LogP contribution < -0.4 is 5.32 Å². The summed E-state index contributed by atoms with van der Waals surface area (Å²) >= 11 is 0. The number of para-hydroxylation sites is 1. The fourth-order valence-corrected chi connectivity index (χ4v) is 2.01. The molecule has 0 aliphatic carbocycles. The summed E-state index contributed by atoms with van der Waals surface area (Å²) in [6.07, 6.45) is 3.79. The Bertz CT molecular complexity index is 428. The van der Waals surface area contributed by atoms with E-state index >= 15 is 0 Å². The second-order valence-corrected chi connectivity index (χ2v) is 4.57. The van der Waals surface area contributed by atoms with E-state index in [0.29, 0.717) is 6.04 Å². The summed E-state index contributed by atoms with van der Waals surface area (Å²) in [5.74, 6) is 1.03. The maximum absolute atomic E-state index is 5.82. The van der Waals surface area contributed by atoms with Crippen molar-refractivity contribution in [2.75, 3.05) is 6.54 Å². The van der Waals surface area contributed by atoms with E-state index in [0.717, 1.165) is 17.9 Å². The monoisotopic (exact) mass is 231 g/mol. The highest BCUT2D eigenvalue weighted by molar-refractivity contribution is 5.77. The van der Waals surface area contributed by atoms with Crippen molar-refractivity contribution in [3.63, 3.8) is 0 Å². The van der Waals surface area contributed by atoms with Gasteiger partial charge in [0, 0.05) is 5.39 Å². The molecule has 0 spiro atoms. The van der Waals surface area contributed by atoms with Crippen LogP contribution in [-0.4, -0.2) is 6.54 Å². The fourth-order valence-electron chi connectivity index (χ4n) is 2.01. The van der Waals surface area contributed by atoms with Gasteiger partial charge in [0.05, 0.1) is 6.04 Å². The van der Waals surface area contributed by atoms with Gasteiger partial charge < -0.3 is 9.73 Å². The minimum absolute atomic E-state index is 0.291. The zero-order valence-electron chi connectivity index (χ0n) is 10.7. The van der Waals surface area contributed by atoms with E-state index in [9.17, 15) is 0 Å². The van der Waals surface area contributed by atoms with E-state index in [1.54, 1.807) is 0 Å². The Kier molecular flexibility index (Phi) is 4.21. The largest absolute Gasteiger partial charge is 0.459 e. The van der Waals surface area contributed by atoms with Crippen molar-refractivity contribution in [2.24, 2.45) is 0 Å². The number of nitrogens with one attached hydrogen (secondary N) is 1. The van der Waals surface area contributed by atoms with Gasteiger partial charge in [0.15, 0.2) is 0 Å². The molecule has 1 atom stereocenters. The van der Waals surface area contributed by atoms with Crippen LogP contribution in [0.3, 0.4) is 0 Å². The predicted molar refractivity (Wildman–Crippen MR) is 72.2 cm³/mol. The Morgan fingerprint density at radius 3 is 2.82 bits per heavy atom. The lowest BCUT2D eigenvalue weighted by molar-refractivity contribution is 0.445. The van der Waals surface area contributed by atoms with Gasteiger partial charge in [-0.15, -0.1) is 0 Å². The molecule has 1 unspecified atom stereocenters. The Balaban J connectivity index is 1.96. The highest BCUT2D eigenvalue weighted by Gasteiger charge is 2.09. The van der Waals surface area contributed by atoms with Gasteiger partial charge in [0.1, 0.15) is 11.3 Å². The average molecular weight is 231 g/mol. The van der Waals surface area contributed by atoms with Crippen LogP contribution in [0.4, 0.5) is 0 Å². The quantitative estimate of drug-likeness (QED) is 0.751. The highest BCUT2D eigenvalue weighted by Crippen LogP contribution is 2.23. The van der Waals surface area contributed by atoms with Crippen LogP contribution in [0.15, 0.2) is 34.7 Å². The fraction of sp³-hybridized carbons (Fsp3) is 0.467. The summed E-state index contributed by atoms with van der Waals surface area (Å²) in [6, 6.07) is 10.6. The molecule has 1 aromatic carbocycles. The summed E-state index contributed by atoms with van der Waals surface area (Å²) in [5, 5.41) is 4.69. The minimum atomic E-state index is 0.291. The van der Waals surface area contributed by atoms with Gasteiger partial charge in [-0.05, 0) is 32.0 Å². The standard InChI is InChI=1S/C15H21NO/c1-3-4-7-10-16-12(2)15-11-13-8-5-6-9-14(13)17-15/h5-6,8-9,11-12,16H,3-4,7,10H2,1-2H3. The van der Waals surface area contributed by atoms with Gasteiger partial charge in [-0.2, -0.15) is 0 Å². The highest BCUT2D eigenvalue weighted by atomic mass is 16.3. The van der Waals surface area contributed by atoms with Crippen LogP contribution in [0.1, 0.15) is 44.9 Å². The molecule has 2 heteroatoms. The number of furan rings is 1. The van der Waals surface area contributed by atoms with Crippen LogP contribution in [0.25, 0.3) is 11.0 Å². The molecule has 0 fully saturated rings. The second kappa shape index (κ2) is 5.87. The van der Waals surface area contributed by atoms with Crippen LogP contribution >= 0.6 is 0 Å². The van der Waals surface area contributed by atoms with Crippen molar-refractivity contribution >= 4 is 11.0 Å². The van der Waals surface area contributed by atoms with Crippen LogP contribution in [0, 0.1) is 0 Å². The van der Waals surface area contributed by atoms with Crippen molar-refractivity contribution in [1.29, 1.82) is 0 Å². The molecular formula is C15H21NO. The van der Waals surface area contributed by atoms with Crippen molar-refractivity contribution in [1.82, 2.24) is 5.32 Å². The van der Waals surface area contributed by atoms with Crippen molar-refractivity contribution in [3.8, 4) is 0 Å². The predicted octanol–water partition coefficient (Wildman–Crippen LogP) is 4.27. The molecule has 1 N–H and O–H groups in total. The van der Waals surface area contributed by atoms with Gasteiger partial charge in [-0.1, -0.05) is 38.0 Å². The van der Waals surface area contributed by atoms with E-state index in [4.69, 9.17) is 4.42 Å². The molecular weight excluding hydrogens is 210 g/mol. The third kappa shape index (κ3) is 3.10. The second-order valence-electron chi connectivity index (χ2n) is 4.57. The maximum atomic E-state index is 5.82. The summed E-state index contributed by atoms with van der Waals surface area (Å²) in [5.41, 5.74) is 0.977. The number of fused-ring (bicyclic) bond motifs is 1. The molecule has 2 rings (SSSR count). The topological polar surface area (TPSA) is 25.2 Å². The van der Waals surface area contributed by atoms with Crippen molar-refractivity contribution < 1.29 is 4.42 Å². The number of unbranched alkanes of at least 4 members (excludes halogenated alkanes) is 2. The van der Waals surface area contributed by atoms with Crippen molar-refractivity contribution in [3.05, 3.63) is 36.1 Å². The van der Waals surface area contributed by atoms with E-state index in [1.165, 1.54) is 24.6 Å². The minimum Gasteiger partial charge on any atom is -0.459 e. The lowest BCUT2D eigenvalue weighted by atomic mass is 10.2. The molecule has 2 aromatic rings. The normalized spacial score (nSPS) is 13.1. The van der Waals surface area contributed by atoms with E-state index in [-0.39, 0.29) is 0 Å². The molecule has 1 heterocycles. The molecule has 0 aliphatic rings. The molecule has 92 valence electrons. The molecule has 0 saturated heterocycles. The molecule has 2 nitrogen and oxygen atoms in total. The zero-order valence-corrected chi connectivity index (χ0v) is 10.7. The molecule has 17 heavy (non-hydrogen) atoms. The summed E-state index contributed by atoms with van der Waals surface area (Å²) in [6.45, 7) is 5.44. The smallest absolute Gasteiger partial charge is 0.134 e. The summed E-state index contributed by atoms with van der Waals surface area (Å²) in [4.78, 5) is 0. The van der Waals surface area contributed by atoms with Crippen molar-refractivity contribution in [2.45, 2.75) is 39.2 Å². The molecule has 0 aliphatic heterocycles. The lowest BCUT2D eigenvalue weighted by Crippen LogP contribution is -2.19. The number of hydrogen-bond acceptors (Lipinski definition) is 2. The first kappa shape index (κ1) is 12.2. The molecule has 0 radical (unpaired) electrons. The first-order chi connectivity index (χ1) is 8.31. The van der Waals surface area contributed by atoms with Gasteiger partial charge in [-0.3, -0.25) is 0 Å². The Morgan fingerprint density at radius 2 is 2.06 bits per heavy atom. The number of benzene rings is 1. The molecule has 0 saturated carbocycles. The summed E-state index contributed by atoms with van der Waals surface area (Å²) in [7, 11) is 0. The van der Waals surface area contributed by atoms with E-state index in [2.05, 4.69) is 31.3 Å².